The molecule has 10 nitrogen and oxygen atoms in total. The molecule has 210 valence electrons. The topological polar surface area (TPSA) is 117 Å². The van der Waals surface area contributed by atoms with Crippen molar-refractivity contribution in [1.29, 1.82) is 0 Å². The van der Waals surface area contributed by atoms with Gasteiger partial charge < -0.3 is 29.2 Å². The number of carbonyl (C=O) groups is 1. The van der Waals surface area contributed by atoms with Crippen LogP contribution in [0.4, 0.5) is 0 Å². The van der Waals surface area contributed by atoms with Crippen molar-refractivity contribution in [2.75, 3.05) is 40.6 Å². The lowest BCUT2D eigenvalue weighted by molar-refractivity contribution is 0.0675. The predicted molar refractivity (Wildman–Crippen MR) is 151 cm³/mol. The summed E-state index contributed by atoms with van der Waals surface area (Å²) in [4.78, 5) is 29.3. The smallest absolute Gasteiger partial charge is 0.252 e. The molecule has 2 N–H and O–H groups in total. The minimum atomic E-state index is -0.306. The molecule has 3 heterocycles. The van der Waals surface area contributed by atoms with Gasteiger partial charge in [-0.25, -0.2) is 0 Å². The van der Waals surface area contributed by atoms with E-state index in [1.807, 2.05) is 35.0 Å². The van der Waals surface area contributed by atoms with E-state index in [9.17, 15) is 9.59 Å². The van der Waals surface area contributed by atoms with Gasteiger partial charge in [0.1, 0.15) is 12.4 Å². The predicted octanol–water partition coefficient (Wildman–Crippen LogP) is 4.02. The standard InChI is InChI=1S/C30H34N4O6/c1-19-14-28(35)26(30(33-19)38-3)17-31-29(36)24-15-21(20-4-6-23(7-5-20)40-13-12-37-2)16-27-25(24)18-32-34(27)22-8-10-39-11-9-22/h4-7,14-16,18,22H,8-13,17H2,1-3H3,(H,31,36)(H,33,35). The number of aryl methyl sites for hydroxylation is 1. The molecule has 0 spiro atoms. The Labute approximate surface area is 232 Å². The Balaban J connectivity index is 1.50. The second-order valence-corrected chi connectivity index (χ2v) is 9.77. The van der Waals surface area contributed by atoms with E-state index in [0.717, 1.165) is 40.6 Å². The highest BCUT2D eigenvalue weighted by atomic mass is 16.5. The molecule has 2 aromatic heterocycles. The fourth-order valence-electron chi connectivity index (χ4n) is 5.00. The number of fused-ring (bicyclic) bond motifs is 1. The number of carbonyl (C=O) groups excluding carboxylic acids is 1. The van der Waals surface area contributed by atoms with E-state index >= 15 is 0 Å². The van der Waals surface area contributed by atoms with E-state index in [-0.39, 0.29) is 23.9 Å². The molecule has 1 amide bonds. The third kappa shape index (κ3) is 5.88. The Morgan fingerprint density at radius 2 is 1.88 bits per heavy atom. The van der Waals surface area contributed by atoms with Gasteiger partial charge in [0, 0.05) is 37.5 Å². The highest BCUT2D eigenvalue weighted by Crippen LogP contribution is 2.32. The molecule has 1 fully saturated rings. The van der Waals surface area contributed by atoms with Crippen molar-refractivity contribution in [1.82, 2.24) is 20.1 Å². The van der Waals surface area contributed by atoms with Gasteiger partial charge in [-0.3, -0.25) is 14.3 Å². The van der Waals surface area contributed by atoms with Crippen LogP contribution in [0.3, 0.4) is 0 Å². The number of amides is 1. The van der Waals surface area contributed by atoms with Crippen molar-refractivity contribution in [3.8, 4) is 22.8 Å². The number of hydrogen-bond acceptors (Lipinski definition) is 7. The van der Waals surface area contributed by atoms with E-state index < -0.39 is 0 Å². The van der Waals surface area contributed by atoms with Crippen LogP contribution in [0.5, 0.6) is 11.6 Å². The molecular formula is C30H34N4O6. The van der Waals surface area contributed by atoms with Crippen LogP contribution < -0.4 is 20.2 Å². The van der Waals surface area contributed by atoms with Crippen LogP contribution in [0.25, 0.3) is 22.0 Å². The average Bonchev–Trinajstić information content (AvgIpc) is 3.41. The zero-order valence-electron chi connectivity index (χ0n) is 23.0. The molecule has 1 saturated heterocycles. The van der Waals surface area contributed by atoms with E-state index in [4.69, 9.17) is 24.0 Å². The summed E-state index contributed by atoms with van der Waals surface area (Å²) >= 11 is 0. The number of aromatic nitrogens is 3. The number of hydrogen-bond donors (Lipinski definition) is 2. The third-order valence-electron chi connectivity index (χ3n) is 7.10. The van der Waals surface area contributed by atoms with E-state index in [2.05, 4.69) is 16.4 Å². The lowest BCUT2D eigenvalue weighted by atomic mass is 9.99. The normalized spacial score (nSPS) is 13.9. The molecule has 1 aliphatic rings. The summed E-state index contributed by atoms with van der Waals surface area (Å²) in [5.41, 5.74) is 4.01. The summed E-state index contributed by atoms with van der Waals surface area (Å²) in [6, 6.07) is 13.4. The lowest BCUT2D eigenvalue weighted by Gasteiger charge is -2.23. The molecular weight excluding hydrogens is 512 g/mol. The van der Waals surface area contributed by atoms with Gasteiger partial charge >= 0.3 is 0 Å². The number of rotatable bonds is 10. The van der Waals surface area contributed by atoms with Crippen molar-refractivity contribution in [2.45, 2.75) is 32.4 Å². The summed E-state index contributed by atoms with van der Waals surface area (Å²) < 4.78 is 23.7. The van der Waals surface area contributed by atoms with Crippen LogP contribution in [-0.4, -0.2) is 61.3 Å². The quantitative estimate of drug-likeness (QED) is 0.289. The molecule has 0 aliphatic carbocycles. The largest absolute Gasteiger partial charge is 0.491 e. The van der Waals surface area contributed by atoms with Crippen LogP contribution in [0.2, 0.25) is 0 Å². The number of aromatic amines is 1. The number of nitrogens with zero attached hydrogens (tertiary/aromatic N) is 2. The lowest BCUT2D eigenvalue weighted by Crippen LogP contribution is -2.27. The maximum Gasteiger partial charge on any atom is 0.252 e. The number of pyridine rings is 1. The van der Waals surface area contributed by atoms with Gasteiger partial charge in [0.2, 0.25) is 0 Å². The summed E-state index contributed by atoms with van der Waals surface area (Å²) in [6.07, 6.45) is 3.45. The third-order valence-corrected chi connectivity index (χ3v) is 7.10. The fraction of sp³-hybridized carbons (Fsp3) is 0.367. The number of H-pyrrole nitrogens is 1. The molecule has 0 unspecified atom stereocenters. The molecule has 0 radical (unpaired) electrons. The van der Waals surface area contributed by atoms with Gasteiger partial charge in [0.25, 0.3) is 5.91 Å². The van der Waals surface area contributed by atoms with Crippen LogP contribution in [0.15, 0.2) is 53.5 Å². The van der Waals surface area contributed by atoms with E-state index in [1.165, 1.54) is 13.2 Å². The fourth-order valence-corrected chi connectivity index (χ4v) is 5.00. The highest BCUT2D eigenvalue weighted by molar-refractivity contribution is 6.08. The molecule has 40 heavy (non-hydrogen) atoms. The average molecular weight is 547 g/mol. The Morgan fingerprint density at radius 3 is 2.60 bits per heavy atom. The van der Waals surface area contributed by atoms with Gasteiger partial charge in [-0.2, -0.15) is 5.10 Å². The maximum atomic E-state index is 13.6. The molecule has 0 saturated carbocycles. The SMILES string of the molecule is COCCOc1ccc(-c2cc(C(=O)NCc3c(OC)[nH]c(C)cc3=O)c3cnn(C4CCOCC4)c3c2)cc1. The molecule has 10 heteroatoms. The molecule has 0 atom stereocenters. The van der Waals surface area contributed by atoms with Crippen molar-refractivity contribution >= 4 is 16.8 Å². The Hall–Kier alpha value is -4.15. The maximum absolute atomic E-state index is 13.6. The second-order valence-electron chi connectivity index (χ2n) is 9.77. The van der Waals surface area contributed by atoms with Gasteiger partial charge in [-0.1, -0.05) is 12.1 Å². The van der Waals surface area contributed by atoms with E-state index in [1.54, 1.807) is 20.2 Å². The first-order valence-electron chi connectivity index (χ1n) is 13.3. The first-order chi connectivity index (χ1) is 19.5. The summed E-state index contributed by atoms with van der Waals surface area (Å²) in [5, 5.41) is 8.36. The van der Waals surface area contributed by atoms with Crippen molar-refractivity contribution in [3.05, 3.63) is 75.7 Å². The monoisotopic (exact) mass is 546 g/mol. The molecule has 5 rings (SSSR count). The minimum absolute atomic E-state index is 0.0188. The van der Waals surface area contributed by atoms with Gasteiger partial charge in [-0.15, -0.1) is 0 Å². The number of ether oxygens (including phenoxy) is 4. The van der Waals surface area contributed by atoms with E-state index in [0.29, 0.717) is 49.1 Å². The molecule has 4 aromatic rings. The summed E-state index contributed by atoms with van der Waals surface area (Å²) in [7, 11) is 3.12. The number of methoxy groups -OCH3 is 2. The van der Waals surface area contributed by atoms with Gasteiger partial charge in [0.05, 0.1) is 49.1 Å². The summed E-state index contributed by atoms with van der Waals surface area (Å²) in [6.45, 7) is 4.12. The zero-order chi connectivity index (χ0) is 28.1. The first kappa shape index (κ1) is 27.4. The second kappa shape index (κ2) is 12.4. The highest BCUT2D eigenvalue weighted by Gasteiger charge is 2.22. The molecule has 2 aromatic carbocycles. The Kier molecular flexibility index (Phi) is 8.47. The van der Waals surface area contributed by atoms with Crippen molar-refractivity contribution in [3.63, 3.8) is 0 Å². The minimum Gasteiger partial charge on any atom is -0.491 e. The van der Waals surface area contributed by atoms with Crippen LogP contribution in [0, 0.1) is 6.92 Å². The Morgan fingerprint density at radius 1 is 1.10 bits per heavy atom. The number of benzene rings is 2. The number of nitrogens with one attached hydrogen (secondary N) is 2. The molecule has 0 bridgehead atoms. The van der Waals surface area contributed by atoms with Crippen molar-refractivity contribution in [2.24, 2.45) is 0 Å². The van der Waals surface area contributed by atoms with Crippen LogP contribution >= 0.6 is 0 Å². The zero-order valence-corrected chi connectivity index (χ0v) is 23.0. The van der Waals surface area contributed by atoms with Gasteiger partial charge in [0.15, 0.2) is 11.3 Å². The van der Waals surface area contributed by atoms with Gasteiger partial charge in [-0.05, 0) is 55.2 Å². The summed E-state index contributed by atoms with van der Waals surface area (Å²) in [5.74, 6) is 0.772. The van der Waals surface area contributed by atoms with Crippen LogP contribution in [0.1, 0.15) is 40.5 Å². The first-order valence-corrected chi connectivity index (χ1v) is 13.3. The van der Waals surface area contributed by atoms with Crippen LogP contribution in [-0.2, 0) is 16.0 Å². The van der Waals surface area contributed by atoms with Crippen molar-refractivity contribution < 1.29 is 23.7 Å². The Bertz CT molecular complexity index is 1540. The molecule has 1 aliphatic heterocycles.